The van der Waals surface area contributed by atoms with Gasteiger partial charge in [-0.15, -0.1) is 0 Å². The molecule has 0 atom stereocenters. The van der Waals surface area contributed by atoms with Gasteiger partial charge in [0, 0.05) is 21.5 Å². The predicted molar refractivity (Wildman–Crippen MR) is 249 cm³/mol. The van der Waals surface area contributed by atoms with E-state index < -0.39 is 0 Å². The second-order valence-corrected chi connectivity index (χ2v) is 15.6. The highest BCUT2D eigenvalue weighted by Crippen LogP contribution is 2.41. The number of aromatic nitrogens is 2. The molecule has 0 N–H and O–H groups in total. The molecule has 10 rings (SSSR count). The average Bonchev–Trinajstić information content (AvgIpc) is 3.87. The summed E-state index contributed by atoms with van der Waals surface area (Å²) in [6.07, 6.45) is 0. The summed E-state index contributed by atoms with van der Waals surface area (Å²) in [5, 5.41) is 82.1. The topological polar surface area (TPSA) is 200 Å². The van der Waals surface area contributed by atoms with E-state index in [1.165, 1.54) is 0 Å². The molecule has 0 aliphatic heterocycles. The lowest BCUT2D eigenvalue weighted by atomic mass is 9.97. The number of nitrogens with zero attached hydrogens (tertiary/aromatic N) is 10. The van der Waals surface area contributed by atoms with Crippen LogP contribution in [-0.2, 0) is 0 Å². The third-order valence-corrected chi connectivity index (χ3v) is 11.8. The number of rotatable bonds is 5. The summed E-state index contributed by atoms with van der Waals surface area (Å²) >= 11 is 0. The third-order valence-electron chi connectivity index (χ3n) is 11.8. The van der Waals surface area contributed by atoms with E-state index >= 15 is 0 Å². The van der Waals surface area contributed by atoms with Gasteiger partial charge in [-0.1, -0.05) is 24.3 Å². The summed E-state index contributed by atoms with van der Waals surface area (Å²) in [7, 11) is 0. The van der Waals surface area contributed by atoms with Gasteiger partial charge in [0.25, 0.3) is 0 Å². The Labute approximate surface area is 376 Å². The number of hydrogen-bond donors (Lipinski definition) is 0. The lowest BCUT2D eigenvalue weighted by Crippen LogP contribution is -2.08. The van der Waals surface area contributed by atoms with E-state index in [-0.39, 0.29) is 0 Å². The average molecular weight is 837 g/mol. The van der Waals surface area contributed by atoms with Gasteiger partial charge in [0.05, 0.1) is 115 Å². The SMILES string of the molecule is N#Cc1cc(C#N)cc(-c2ccc3c(c2)c2cc(-c4cc(C#N)cc(C#N)c4)ccc2n3-n2c3ccc(-c4cc(C#N)cc(C#N)c4)cc3c3cc(-c4cc(C#N)cc(C#N)c4)ccc32)c1. The second-order valence-electron chi connectivity index (χ2n) is 15.6. The molecule has 2 heterocycles. The molecule has 0 aliphatic rings. The van der Waals surface area contributed by atoms with E-state index in [9.17, 15) is 42.1 Å². The molecular formula is C56H24N10. The van der Waals surface area contributed by atoms with Crippen LogP contribution >= 0.6 is 0 Å². The molecular weight excluding hydrogens is 813 g/mol. The van der Waals surface area contributed by atoms with E-state index in [0.29, 0.717) is 66.8 Å². The largest absolute Gasteiger partial charge is 0.248 e. The Morgan fingerprint density at radius 3 is 0.561 bits per heavy atom. The monoisotopic (exact) mass is 836 g/mol. The predicted octanol–water partition coefficient (Wildman–Crippen LogP) is 11.9. The quantitative estimate of drug-likeness (QED) is 0.163. The summed E-state index contributed by atoms with van der Waals surface area (Å²) in [5.74, 6) is 0. The van der Waals surface area contributed by atoms with Gasteiger partial charge in [-0.3, -0.25) is 0 Å². The van der Waals surface area contributed by atoms with Crippen LogP contribution in [0.5, 0.6) is 0 Å². The van der Waals surface area contributed by atoms with Crippen LogP contribution in [0.2, 0.25) is 0 Å². The molecule has 10 nitrogen and oxygen atoms in total. The van der Waals surface area contributed by atoms with E-state index in [1.54, 1.807) is 72.8 Å². The van der Waals surface area contributed by atoms with Gasteiger partial charge < -0.3 is 0 Å². The Bertz CT molecular complexity index is 3500. The molecule has 0 saturated carbocycles. The fourth-order valence-electron chi connectivity index (χ4n) is 8.85. The Morgan fingerprint density at radius 1 is 0.212 bits per heavy atom. The Kier molecular flexibility index (Phi) is 9.34. The first kappa shape index (κ1) is 39.4. The van der Waals surface area contributed by atoms with Crippen molar-refractivity contribution in [3.63, 3.8) is 0 Å². The highest BCUT2D eigenvalue weighted by molar-refractivity contribution is 6.14. The van der Waals surface area contributed by atoms with Crippen LogP contribution in [0.25, 0.3) is 88.1 Å². The molecule has 0 fully saturated rings. The molecule has 10 heteroatoms. The maximum atomic E-state index is 9.84. The van der Waals surface area contributed by atoms with Crippen molar-refractivity contribution in [2.75, 3.05) is 0 Å². The van der Waals surface area contributed by atoms with Gasteiger partial charge >= 0.3 is 0 Å². The van der Waals surface area contributed by atoms with Crippen molar-refractivity contribution < 1.29 is 0 Å². The maximum Gasteiger partial charge on any atom is 0.0992 e. The smallest absolute Gasteiger partial charge is 0.0992 e. The van der Waals surface area contributed by atoms with Crippen molar-refractivity contribution in [2.24, 2.45) is 0 Å². The molecule has 0 amide bonds. The molecule has 0 saturated heterocycles. The molecule has 298 valence electrons. The van der Waals surface area contributed by atoms with Crippen molar-refractivity contribution in [3.8, 4) is 93.1 Å². The Hall–Kier alpha value is -10.7. The second kappa shape index (κ2) is 15.6. The zero-order valence-corrected chi connectivity index (χ0v) is 34.3. The molecule has 10 aromatic rings. The van der Waals surface area contributed by atoms with Crippen molar-refractivity contribution >= 4 is 43.6 Å². The summed E-state index contributed by atoms with van der Waals surface area (Å²) < 4.78 is 4.27. The first-order valence-electron chi connectivity index (χ1n) is 20.3. The van der Waals surface area contributed by atoms with Crippen molar-refractivity contribution in [1.82, 2.24) is 9.35 Å². The molecule has 0 spiro atoms. The van der Waals surface area contributed by atoms with Crippen molar-refractivity contribution in [3.05, 3.63) is 190 Å². The van der Waals surface area contributed by atoms with Gasteiger partial charge in [-0.25, -0.2) is 9.35 Å². The van der Waals surface area contributed by atoms with Crippen molar-refractivity contribution in [2.45, 2.75) is 0 Å². The Morgan fingerprint density at radius 2 is 0.394 bits per heavy atom. The van der Waals surface area contributed by atoms with Crippen LogP contribution in [0.1, 0.15) is 44.5 Å². The first-order valence-corrected chi connectivity index (χ1v) is 20.3. The molecule has 2 aromatic heterocycles. The van der Waals surface area contributed by atoms with Crippen molar-refractivity contribution in [1.29, 1.82) is 42.1 Å². The lowest BCUT2D eigenvalue weighted by molar-refractivity contribution is 0.775. The standard InChI is InChI=1S/C56H24N10/c57-25-33-9-34(26-58)14-45(13-33)41-1-5-53-49(21-41)50-22-42(46-15-35(27-59)10-36(16-46)28-60)2-6-54(50)65(53)66-55-7-3-43(47-17-37(29-61)11-38(18-47)30-62)23-51(55)52-24-44(4-8-56(52)66)48-19-39(31-63)12-40(20-48)32-64/h1-24H. The van der Waals surface area contributed by atoms with E-state index in [0.717, 1.165) is 65.9 Å². The van der Waals surface area contributed by atoms with E-state index in [2.05, 4.69) is 57.9 Å². The highest BCUT2D eigenvalue weighted by Gasteiger charge is 2.21. The van der Waals surface area contributed by atoms with E-state index in [4.69, 9.17) is 0 Å². The van der Waals surface area contributed by atoms with Crippen LogP contribution in [0, 0.1) is 90.6 Å². The zero-order valence-electron chi connectivity index (χ0n) is 34.3. The van der Waals surface area contributed by atoms with Crippen LogP contribution in [-0.4, -0.2) is 9.35 Å². The number of hydrogen-bond acceptors (Lipinski definition) is 8. The van der Waals surface area contributed by atoms with Gasteiger partial charge in [-0.2, -0.15) is 42.1 Å². The molecule has 0 radical (unpaired) electrons. The number of benzene rings is 8. The minimum atomic E-state index is 0.356. The summed E-state index contributed by atoms with van der Waals surface area (Å²) in [6, 6.07) is 61.6. The van der Waals surface area contributed by atoms with Crippen LogP contribution in [0.4, 0.5) is 0 Å². The molecule has 66 heavy (non-hydrogen) atoms. The number of fused-ring (bicyclic) bond motifs is 6. The van der Waals surface area contributed by atoms with Gasteiger partial charge in [0.15, 0.2) is 0 Å². The zero-order chi connectivity index (χ0) is 45.6. The molecule has 0 aliphatic carbocycles. The van der Waals surface area contributed by atoms with Gasteiger partial charge in [0.2, 0.25) is 0 Å². The highest BCUT2D eigenvalue weighted by atomic mass is 15.5. The van der Waals surface area contributed by atoms with Crippen LogP contribution < -0.4 is 0 Å². The minimum absolute atomic E-state index is 0.356. The third kappa shape index (κ3) is 6.53. The fraction of sp³-hybridized carbons (Fsp3) is 0. The molecule has 8 aromatic carbocycles. The minimum Gasteiger partial charge on any atom is -0.248 e. The summed E-state index contributed by atoms with van der Waals surface area (Å²) in [6.45, 7) is 0. The van der Waals surface area contributed by atoms with E-state index in [1.807, 2.05) is 72.8 Å². The lowest BCUT2D eigenvalue weighted by Gasteiger charge is -2.14. The summed E-state index contributed by atoms with van der Waals surface area (Å²) in [4.78, 5) is 0. The normalized spacial score (nSPS) is 10.6. The Balaban J connectivity index is 1.30. The summed E-state index contributed by atoms with van der Waals surface area (Å²) in [5.41, 5.74) is 12.0. The molecule has 0 unspecified atom stereocenters. The van der Waals surface area contributed by atoms with Crippen LogP contribution in [0.15, 0.2) is 146 Å². The maximum absolute atomic E-state index is 9.84. The molecule has 0 bridgehead atoms. The van der Waals surface area contributed by atoms with Gasteiger partial charge in [-0.05, 0) is 166 Å². The van der Waals surface area contributed by atoms with Gasteiger partial charge in [0.1, 0.15) is 0 Å². The van der Waals surface area contributed by atoms with Crippen LogP contribution in [0.3, 0.4) is 0 Å². The first-order chi connectivity index (χ1) is 32.3. The number of nitriles is 8. The fourth-order valence-corrected chi connectivity index (χ4v) is 8.85.